The van der Waals surface area contributed by atoms with Gasteiger partial charge in [-0.2, -0.15) is 0 Å². The number of nitrogens with zero attached hydrogens (tertiary/aromatic N) is 3. The quantitative estimate of drug-likeness (QED) is 0.600. The summed E-state index contributed by atoms with van der Waals surface area (Å²) in [6.07, 6.45) is 4.68. The second-order valence-corrected chi connectivity index (χ2v) is 7.70. The Morgan fingerprint density at radius 1 is 1.31 bits per heavy atom. The van der Waals surface area contributed by atoms with Crippen LogP contribution in [0.5, 0.6) is 0 Å². The van der Waals surface area contributed by atoms with Crippen molar-refractivity contribution < 1.29 is 4.79 Å². The van der Waals surface area contributed by atoms with Crippen LogP contribution in [0.2, 0.25) is 5.02 Å². The Balaban J connectivity index is 1.88. The second kappa shape index (κ2) is 10.6. The van der Waals surface area contributed by atoms with Gasteiger partial charge in [0.25, 0.3) is 0 Å². The standard InChI is InChI=1S/C19H27ClN4OS/c1-4-6-9-14(5-2)12-21-17(25)13-26-19-23-22-18(24(19)3)15-10-7-8-11-16(15)20/h7-8,10-11,14H,4-6,9,12-13H2,1-3H3,(H,21,25)/t14-/m0/s1. The van der Waals surface area contributed by atoms with E-state index < -0.39 is 0 Å². The molecule has 7 heteroatoms. The number of hydrogen-bond acceptors (Lipinski definition) is 4. The van der Waals surface area contributed by atoms with Gasteiger partial charge in [-0.05, 0) is 24.5 Å². The van der Waals surface area contributed by atoms with Gasteiger partial charge in [-0.3, -0.25) is 4.79 Å². The average molecular weight is 395 g/mol. The second-order valence-electron chi connectivity index (χ2n) is 6.35. The molecule has 26 heavy (non-hydrogen) atoms. The van der Waals surface area contributed by atoms with Gasteiger partial charge in [0.15, 0.2) is 11.0 Å². The smallest absolute Gasteiger partial charge is 0.230 e. The number of benzene rings is 1. The molecular formula is C19H27ClN4OS. The van der Waals surface area contributed by atoms with Crippen LogP contribution in [0.25, 0.3) is 11.4 Å². The van der Waals surface area contributed by atoms with E-state index in [1.54, 1.807) is 0 Å². The number of thioether (sulfide) groups is 1. The minimum absolute atomic E-state index is 0.0345. The number of unbranched alkanes of at least 4 members (excludes halogenated alkanes) is 1. The Morgan fingerprint density at radius 2 is 2.08 bits per heavy atom. The number of hydrogen-bond donors (Lipinski definition) is 1. The molecule has 5 nitrogen and oxygen atoms in total. The molecule has 0 aliphatic heterocycles. The van der Waals surface area contributed by atoms with Crippen LogP contribution in [-0.2, 0) is 11.8 Å². The van der Waals surface area contributed by atoms with Crippen molar-refractivity contribution in [2.45, 2.75) is 44.7 Å². The Labute approximate surface area is 164 Å². The van der Waals surface area contributed by atoms with Gasteiger partial charge < -0.3 is 9.88 Å². The molecule has 0 unspecified atom stereocenters. The zero-order valence-corrected chi connectivity index (χ0v) is 17.2. The van der Waals surface area contributed by atoms with Crippen LogP contribution in [0.3, 0.4) is 0 Å². The largest absolute Gasteiger partial charge is 0.355 e. The third-order valence-corrected chi connectivity index (χ3v) is 5.76. The lowest BCUT2D eigenvalue weighted by Gasteiger charge is -2.15. The zero-order chi connectivity index (χ0) is 18.9. The Morgan fingerprint density at radius 3 is 2.77 bits per heavy atom. The monoisotopic (exact) mass is 394 g/mol. The van der Waals surface area contributed by atoms with Gasteiger partial charge in [-0.15, -0.1) is 10.2 Å². The molecule has 0 aliphatic carbocycles. The molecular weight excluding hydrogens is 368 g/mol. The van der Waals surface area contributed by atoms with Gasteiger partial charge in [0.1, 0.15) is 0 Å². The molecule has 1 aromatic heterocycles. The van der Waals surface area contributed by atoms with E-state index in [0.717, 1.165) is 18.5 Å². The van der Waals surface area contributed by atoms with Crippen LogP contribution < -0.4 is 5.32 Å². The number of amides is 1. The highest BCUT2D eigenvalue weighted by atomic mass is 35.5. The minimum atomic E-state index is 0.0345. The van der Waals surface area contributed by atoms with Crippen molar-refractivity contribution in [1.29, 1.82) is 0 Å². The first kappa shape index (κ1) is 20.8. The maximum Gasteiger partial charge on any atom is 0.230 e. The van der Waals surface area contributed by atoms with Gasteiger partial charge in [-0.1, -0.05) is 68.6 Å². The molecule has 1 atom stereocenters. The molecule has 0 saturated heterocycles. The van der Waals surface area contributed by atoms with E-state index in [2.05, 4.69) is 29.4 Å². The summed E-state index contributed by atoms with van der Waals surface area (Å²) in [4.78, 5) is 12.1. The summed E-state index contributed by atoms with van der Waals surface area (Å²) in [7, 11) is 1.89. The summed E-state index contributed by atoms with van der Waals surface area (Å²) in [6.45, 7) is 5.12. The summed E-state index contributed by atoms with van der Waals surface area (Å²) in [5.41, 5.74) is 0.835. The van der Waals surface area contributed by atoms with Crippen LogP contribution in [-0.4, -0.2) is 33.0 Å². The number of carbonyl (C=O) groups excluding carboxylic acids is 1. The molecule has 2 rings (SSSR count). The minimum Gasteiger partial charge on any atom is -0.355 e. The summed E-state index contributed by atoms with van der Waals surface area (Å²) < 4.78 is 1.87. The van der Waals surface area contributed by atoms with E-state index in [9.17, 15) is 4.79 Å². The van der Waals surface area contributed by atoms with Crippen LogP contribution in [0.1, 0.15) is 39.5 Å². The number of rotatable bonds is 10. The van der Waals surface area contributed by atoms with Gasteiger partial charge >= 0.3 is 0 Å². The maximum absolute atomic E-state index is 12.1. The van der Waals surface area contributed by atoms with Crippen molar-refractivity contribution in [3.8, 4) is 11.4 Å². The fraction of sp³-hybridized carbons (Fsp3) is 0.526. The van der Waals surface area contributed by atoms with E-state index in [0.29, 0.717) is 27.7 Å². The first-order valence-electron chi connectivity index (χ1n) is 9.10. The van der Waals surface area contributed by atoms with Gasteiger partial charge in [0.2, 0.25) is 5.91 Å². The van der Waals surface area contributed by atoms with Crippen LogP contribution >= 0.6 is 23.4 Å². The van der Waals surface area contributed by atoms with Crippen LogP contribution in [0, 0.1) is 5.92 Å². The zero-order valence-electron chi connectivity index (χ0n) is 15.7. The van der Waals surface area contributed by atoms with Crippen molar-refractivity contribution in [3.63, 3.8) is 0 Å². The summed E-state index contributed by atoms with van der Waals surface area (Å²) in [6, 6.07) is 7.54. The van der Waals surface area contributed by atoms with Crippen molar-refractivity contribution in [1.82, 2.24) is 20.1 Å². The Hall–Kier alpha value is -1.53. The maximum atomic E-state index is 12.1. The lowest BCUT2D eigenvalue weighted by molar-refractivity contribution is -0.118. The predicted octanol–water partition coefficient (Wildman–Crippen LogP) is 4.56. The highest BCUT2D eigenvalue weighted by molar-refractivity contribution is 7.99. The number of aromatic nitrogens is 3. The number of halogens is 1. The molecule has 142 valence electrons. The first-order chi connectivity index (χ1) is 12.6. The average Bonchev–Trinajstić information content (AvgIpc) is 3.01. The summed E-state index contributed by atoms with van der Waals surface area (Å²) in [5.74, 6) is 1.63. The molecule has 1 N–H and O–H groups in total. The molecule has 0 bridgehead atoms. The van der Waals surface area contributed by atoms with Crippen molar-refractivity contribution >= 4 is 29.3 Å². The lowest BCUT2D eigenvalue weighted by atomic mass is 9.99. The van der Waals surface area contributed by atoms with Gasteiger partial charge in [0.05, 0.1) is 10.8 Å². The number of carbonyl (C=O) groups is 1. The van der Waals surface area contributed by atoms with E-state index in [1.807, 2.05) is 35.9 Å². The molecule has 2 aromatic rings. The third kappa shape index (κ3) is 5.74. The van der Waals surface area contributed by atoms with E-state index in [4.69, 9.17) is 11.6 Å². The normalized spacial score (nSPS) is 12.2. The summed E-state index contributed by atoms with van der Waals surface area (Å²) in [5, 5.41) is 12.8. The molecule has 0 aliphatic rings. The van der Waals surface area contributed by atoms with Gasteiger partial charge in [-0.25, -0.2) is 0 Å². The van der Waals surface area contributed by atoms with Crippen molar-refractivity contribution in [2.24, 2.45) is 13.0 Å². The SMILES string of the molecule is CCCC[C@H](CC)CNC(=O)CSc1nnc(-c2ccccc2Cl)n1C. The molecule has 0 radical (unpaired) electrons. The highest BCUT2D eigenvalue weighted by Gasteiger charge is 2.15. The van der Waals surface area contributed by atoms with E-state index >= 15 is 0 Å². The topological polar surface area (TPSA) is 59.8 Å². The Kier molecular flexibility index (Phi) is 8.45. The van der Waals surface area contributed by atoms with Crippen LogP contribution in [0.15, 0.2) is 29.4 Å². The molecule has 1 aromatic carbocycles. The first-order valence-corrected chi connectivity index (χ1v) is 10.5. The predicted molar refractivity (Wildman–Crippen MR) is 108 cm³/mol. The van der Waals surface area contributed by atoms with Gasteiger partial charge in [0, 0.05) is 19.2 Å². The van der Waals surface area contributed by atoms with Crippen LogP contribution in [0.4, 0.5) is 0 Å². The van der Waals surface area contributed by atoms with Crippen molar-refractivity contribution in [2.75, 3.05) is 12.3 Å². The molecule has 0 saturated carbocycles. The molecule has 1 heterocycles. The molecule has 0 fully saturated rings. The molecule has 1 amide bonds. The van der Waals surface area contributed by atoms with Crippen molar-refractivity contribution in [3.05, 3.63) is 29.3 Å². The van der Waals surface area contributed by atoms with E-state index in [1.165, 1.54) is 31.0 Å². The fourth-order valence-corrected chi connectivity index (χ4v) is 3.66. The third-order valence-electron chi connectivity index (χ3n) is 4.41. The lowest BCUT2D eigenvalue weighted by Crippen LogP contribution is -2.30. The molecule has 0 spiro atoms. The Bertz CT molecular complexity index is 719. The number of nitrogens with one attached hydrogen (secondary N) is 1. The summed E-state index contributed by atoms with van der Waals surface area (Å²) >= 11 is 7.62. The fourth-order valence-electron chi connectivity index (χ4n) is 2.70. The highest BCUT2D eigenvalue weighted by Crippen LogP contribution is 2.28. The van der Waals surface area contributed by atoms with E-state index in [-0.39, 0.29) is 5.91 Å².